The summed E-state index contributed by atoms with van der Waals surface area (Å²) in [5.74, 6) is 1.19. The first kappa shape index (κ1) is 13.7. The van der Waals surface area contributed by atoms with Crippen molar-refractivity contribution in [2.75, 3.05) is 33.3 Å². The van der Waals surface area contributed by atoms with Crippen LogP contribution in [0, 0.1) is 0 Å². The normalized spacial score (nSPS) is 24.4. The van der Waals surface area contributed by atoms with Gasteiger partial charge in [0.05, 0.1) is 7.11 Å². The van der Waals surface area contributed by atoms with Crippen LogP contribution in [-0.2, 0) is 6.54 Å². The van der Waals surface area contributed by atoms with Crippen LogP contribution in [-0.4, -0.2) is 54.2 Å². The molecule has 1 atom stereocenters. The van der Waals surface area contributed by atoms with Crippen LogP contribution in [0.1, 0.15) is 24.8 Å². The van der Waals surface area contributed by atoms with Crippen LogP contribution < -0.4 is 4.74 Å². The van der Waals surface area contributed by atoms with Crippen LogP contribution in [0.3, 0.4) is 0 Å². The number of nitrogens with zero attached hydrogens (tertiary/aromatic N) is 2. The molecule has 1 aromatic rings. The Kier molecular flexibility index (Phi) is 4.13. The zero-order valence-corrected chi connectivity index (χ0v) is 12.2. The lowest BCUT2D eigenvalue weighted by Crippen LogP contribution is -2.36. The lowest BCUT2D eigenvalue weighted by atomic mass is 10.1. The van der Waals surface area contributed by atoms with Crippen LogP contribution in [0.25, 0.3) is 0 Å². The molecular formula is C16H24N2O2. The van der Waals surface area contributed by atoms with E-state index in [1.165, 1.54) is 32.4 Å². The zero-order valence-electron chi connectivity index (χ0n) is 12.2. The Labute approximate surface area is 120 Å². The van der Waals surface area contributed by atoms with Crippen molar-refractivity contribution in [3.63, 3.8) is 0 Å². The van der Waals surface area contributed by atoms with Crippen LogP contribution in [0.4, 0.5) is 0 Å². The maximum Gasteiger partial charge on any atom is 0.120 e. The fourth-order valence-electron chi connectivity index (χ4n) is 3.48. The second-order valence-electron chi connectivity index (χ2n) is 5.92. The molecule has 2 aliphatic rings. The monoisotopic (exact) mass is 276 g/mol. The molecule has 0 spiro atoms. The van der Waals surface area contributed by atoms with E-state index in [0.717, 1.165) is 30.9 Å². The van der Waals surface area contributed by atoms with Crippen molar-refractivity contribution in [2.45, 2.75) is 31.8 Å². The fourth-order valence-corrected chi connectivity index (χ4v) is 3.48. The average molecular weight is 276 g/mol. The molecule has 0 amide bonds. The Bertz CT molecular complexity index is 464. The summed E-state index contributed by atoms with van der Waals surface area (Å²) in [6.45, 7) is 5.54. The molecule has 2 saturated heterocycles. The van der Waals surface area contributed by atoms with E-state index in [4.69, 9.17) is 4.74 Å². The molecule has 110 valence electrons. The number of methoxy groups -OCH3 is 1. The largest absolute Gasteiger partial charge is 0.508 e. The van der Waals surface area contributed by atoms with Crippen LogP contribution >= 0.6 is 0 Å². The van der Waals surface area contributed by atoms with Gasteiger partial charge in [-0.2, -0.15) is 0 Å². The van der Waals surface area contributed by atoms with E-state index in [1.807, 2.05) is 6.07 Å². The van der Waals surface area contributed by atoms with Crippen molar-refractivity contribution in [1.82, 2.24) is 9.80 Å². The van der Waals surface area contributed by atoms with E-state index in [0.29, 0.717) is 11.8 Å². The molecule has 3 rings (SSSR count). The van der Waals surface area contributed by atoms with Gasteiger partial charge in [-0.1, -0.05) is 0 Å². The molecule has 0 aliphatic carbocycles. The van der Waals surface area contributed by atoms with Gasteiger partial charge in [-0.3, -0.25) is 9.80 Å². The number of benzene rings is 1. The third kappa shape index (κ3) is 2.91. The first-order valence-electron chi connectivity index (χ1n) is 7.58. The molecule has 1 unspecified atom stereocenters. The van der Waals surface area contributed by atoms with E-state index in [9.17, 15) is 5.11 Å². The van der Waals surface area contributed by atoms with E-state index in [1.54, 1.807) is 19.2 Å². The standard InChI is InChI=1S/C16H24N2O2/c1-20-15-5-6-16(19)13(10-15)11-17-7-3-9-18-8-2-4-14(18)12-17/h5-6,10,14,19H,2-4,7-9,11-12H2,1H3. The highest BCUT2D eigenvalue weighted by Crippen LogP contribution is 2.27. The highest BCUT2D eigenvalue weighted by atomic mass is 16.5. The van der Waals surface area contributed by atoms with Gasteiger partial charge in [-0.15, -0.1) is 0 Å². The van der Waals surface area contributed by atoms with Crippen molar-refractivity contribution >= 4 is 0 Å². The van der Waals surface area contributed by atoms with E-state index < -0.39 is 0 Å². The minimum Gasteiger partial charge on any atom is -0.508 e. The first-order chi connectivity index (χ1) is 9.76. The van der Waals surface area contributed by atoms with Gasteiger partial charge in [0.25, 0.3) is 0 Å². The summed E-state index contributed by atoms with van der Waals surface area (Å²) in [5, 5.41) is 10.0. The molecule has 20 heavy (non-hydrogen) atoms. The third-order valence-electron chi connectivity index (χ3n) is 4.57. The maximum atomic E-state index is 10.0. The van der Waals surface area contributed by atoms with Gasteiger partial charge in [0, 0.05) is 24.7 Å². The molecule has 4 nitrogen and oxygen atoms in total. The van der Waals surface area contributed by atoms with Crippen molar-refractivity contribution in [3.8, 4) is 11.5 Å². The van der Waals surface area contributed by atoms with Gasteiger partial charge < -0.3 is 9.84 Å². The zero-order chi connectivity index (χ0) is 13.9. The first-order valence-corrected chi connectivity index (χ1v) is 7.58. The Morgan fingerprint density at radius 3 is 2.95 bits per heavy atom. The van der Waals surface area contributed by atoms with E-state index >= 15 is 0 Å². The summed E-state index contributed by atoms with van der Waals surface area (Å²) >= 11 is 0. The van der Waals surface area contributed by atoms with Gasteiger partial charge in [-0.25, -0.2) is 0 Å². The maximum absolute atomic E-state index is 10.0. The highest BCUT2D eigenvalue weighted by molar-refractivity contribution is 5.39. The number of ether oxygens (including phenoxy) is 1. The van der Waals surface area contributed by atoms with Crippen LogP contribution in [0.15, 0.2) is 18.2 Å². The van der Waals surface area contributed by atoms with Gasteiger partial charge in [0.2, 0.25) is 0 Å². The molecule has 2 fully saturated rings. The molecular weight excluding hydrogens is 252 g/mol. The summed E-state index contributed by atoms with van der Waals surface area (Å²) in [5.41, 5.74) is 0.968. The molecule has 0 radical (unpaired) electrons. The highest BCUT2D eigenvalue weighted by Gasteiger charge is 2.28. The van der Waals surface area contributed by atoms with E-state index in [-0.39, 0.29) is 0 Å². The van der Waals surface area contributed by atoms with E-state index in [2.05, 4.69) is 9.80 Å². The number of aromatic hydroxyl groups is 1. The topological polar surface area (TPSA) is 35.9 Å². The SMILES string of the molecule is COc1ccc(O)c(CN2CCCN3CCCC3C2)c1. The summed E-state index contributed by atoms with van der Waals surface area (Å²) in [4.78, 5) is 5.11. The predicted octanol–water partition coefficient (Wildman–Crippen LogP) is 2.07. The molecule has 0 aromatic heterocycles. The fraction of sp³-hybridized carbons (Fsp3) is 0.625. The van der Waals surface area contributed by atoms with Crippen molar-refractivity contribution < 1.29 is 9.84 Å². The summed E-state index contributed by atoms with van der Waals surface area (Å²) in [6, 6.07) is 6.20. The van der Waals surface area contributed by atoms with Crippen LogP contribution in [0.5, 0.6) is 11.5 Å². The number of rotatable bonds is 3. The molecule has 1 aromatic carbocycles. The molecule has 0 bridgehead atoms. The minimum absolute atomic E-state index is 0.373. The number of fused-ring (bicyclic) bond motifs is 1. The minimum atomic E-state index is 0.373. The Hall–Kier alpha value is -1.26. The second-order valence-corrected chi connectivity index (χ2v) is 5.92. The molecule has 4 heteroatoms. The summed E-state index contributed by atoms with van der Waals surface area (Å²) in [6.07, 6.45) is 3.88. The van der Waals surface area contributed by atoms with Gasteiger partial charge >= 0.3 is 0 Å². The molecule has 1 N–H and O–H groups in total. The Morgan fingerprint density at radius 1 is 1.25 bits per heavy atom. The number of hydrogen-bond donors (Lipinski definition) is 1. The average Bonchev–Trinajstić information content (AvgIpc) is 2.80. The van der Waals surface area contributed by atoms with Crippen molar-refractivity contribution in [2.24, 2.45) is 0 Å². The number of hydrogen-bond acceptors (Lipinski definition) is 4. The lowest BCUT2D eigenvalue weighted by molar-refractivity contribution is 0.214. The molecule has 2 heterocycles. The van der Waals surface area contributed by atoms with Crippen LogP contribution in [0.2, 0.25) is 0 Å². The summed E-state index contributed by atoms with van der Waals surface area (Å²) in [7, 11) is 1.67. The predicted molar refractivity (Wildman–Crippen MR) is 79.1 cm³/mol. The summed E-state index contributed by atoms with van der Waals surface area (Å²) < 4.78 is 5.26. The quantitative estimate of drug-likeness (QED) is 0.917. The smallest absolute Gasteiger partial charge is 0.120 e. The second kappa shape index (κ2) is 6.02. The molecule has 0 saturated carbocycles. The third-order valence-corrected chi connectivity index (χ3v) is 4.57. The Balaban J connectivity index is 1.70. The van der Waals surface area contributed by atoms with Gasteiger partial charge in [-0.05, 0) is 57.1 Å². The van der Waals surface area contributed by atoms with Gasteiger partial charge in [0.15, 0.2) is 0 Å². The van der Waals surface area contributed by atoms with Crippen molar-refractivity contribution in [3.05, 3.63) is 23.8 Å². The van der Waals surface area contributed by atoms with Crippen molar-refractivity contribution in [1.29, 1.82) is 0 Å². The Morgan fingerprint density at radius 2 is 2.10 bits per heavy atom. The number of phenolic OH excluding ortho intramolecular Hbond substituents is 1. The number of phenols is 1. The molecule has 2 aliphatic heterocycles. The van der Waals surface area contributed by atoms with Gasteiger partial charge in [0.1, 0.15) is 11.5 Å². The lowest BCUT2D eigenvalue weighted by Gasteiger charge is -2.25.